The molecule has 1 saturated carbocycles. The topological polar surface area (TPSA) is 98.8 Å². The van der Waals surface area contributed by atoms with Crippen molar-refractivity contribution < 1.29 is 23.8 Å². The van der Waals surface area contributed by atoms with Crippen molar-refractivity contribution in [3.63, 3.8) is 0 Å². The average Bonchev–Trinajstić information content (AvgIpc) is 3.32. The largest absolute Gasteiger partial charge is 0.499 e. The Morgan fingerprint density at radius 1 is 1.18 bits per heavy atom. The maximum atomic E-state index is 12.8. The minimum absolute atomic E-state index is 0.00243. The zero-order chi connectivity index (χ0) is 24.3. The van der Waals surface area contributed by atoms with Gasteiger partial charge in [0.2, 0.25) is 5.91 Å². The number of rotatable bonds is 13. The number of hydrogen-bond donors (Lipinski definition) is 3. The summed E-state index contributed by atoms with van der Waals surface area (Å²) in [5.41, 5.74) is 3.47. The number of nitrogens with one attached hydrogen (secondary N) is 2. The first-order valence-electron chi connectivity index (χ1n) is 11.1. The van der Waals surface area contributed by atoms with E-state index in [2.05, 4.69) is 28.2 Å². The molecule has 8 nitrogen and oxygen atoms in total. The summed E-state index contributed by atoms with van der Waals surface area (Å²) in [7, 11) is 3.22. The Labute approximate surface area is 209 Å². The summed E-state index contributed by atoms with van der Waals surface area (Å²) < 4.78 is 15.6. The van der Waals surface area contributed by atoms with E-state index in [-0.39, 0.29) is 24.5 Å². The lowest BCUT2D eigenvalue weighted by atomic mass is 9.89. The van der Waals surface area contributed by atoms with Gasteiger partial charge in [-0.1, -0.05) is 24.3 Å². The van der Waals surface area contributed by atoms with Crippen LogP contribution in [0.3, 0.4) is 0 Å². The molecule has 10 heteroatoms. The maximum Gasteiger partial charge on any atom is 0.271 e. The molecule has 184 valence electrons. The second-order valence-electron chi connectivity index (χ2n) is 7.79. The van der Waals surface area contributed by atoms with E-state index in [4.69, 9.17) is 14.2 Å². The number of aromatic nitrogens is 1. The van der Waals surface area contributed by atoms with Crippen molar-refractivity contribution >= 4 is 35.8 Å². The first-order valence-corrected chi connectivity index (χ1v) is 12.6. The zero-order valence-electron chi connectivity index (χ0n) is 19.5. The van der Waals surface area contributed by atoms with Gasteiger partial charge < -0.3 is 24.8 Å². The van der Waals surface area contributed by atoms with Crippen LogP contribution < -0.4 is 10.6 Å². The Hall–Kier alpha value is -2.40. The van der Waals surface area contributed by atoms with E-state index in [1.54, 1.807) is 19.6 Å². The molecule has 1 heterocycles. The molecule has 0 radical (unpaired) electrons. The number of amides is 2. The number of hydrogen-bond acceptors (Lipinski definition) is 8. The first kappa shape index (κ1) is 26.2. The van der Waals surface area contributed by atoms with Crippen LogP contribution in [0.4, 0.5) is 0 Å². The zero-order valence-corrected chi connectivity index (χ0v) is 21.2. The van der Waals surface area contributed by atoms with Gasteiger partial charge in [0.15, 0.2) is 0 Å². The summed E-state index contributed by atoms with van der Waals surface area (Å²) in [6.07, 6.45) is 3.16. The van der Waals surface area contributed by atoms with Crippen LogP contribution in [-0.4, -0.2) is 62.6 Å². The van der Waals surface area contributed by atoms with Crippen LogP contribution >= 0.6 is 24.0 Å². The lowest BCUT2D eigenvalue weighted by Gasteiger charge is -2.26. The Kier molecular flexibility index (Phi) is 10.4. The molecule has 0 saturated heterocycles. The van der Waals surface area contributed by atoms with Gasteiger partial charge in [-0.05, 0) is 30.4 Å². The Morgan fingerprint density at radius 3 is 2.56 bits per heavy atom. The maximum absolute atomic E-state index is 12.8. The smallest absolute Gasteiger partial charge is 0.271 e. The van der Waals surface area contributed by atoms with Crippen molar-refractivity contribution in [3.05, 3.63) is 52.2 Å². The number of carbonyl (C=O) groups excluding carboxylic acids is 2. The number of allylic oxidation sites excluding steroid dienone is 1. The molecule has 2 amide bonds. The van der Waals surface area contributed by atoms with E-state index in [9.17, 15) is 9.59 Å². The normalized spacial score (nSPS) is 13.7. The standard InChI is InChI=1S/C24H31N3O5S2/c1-30-10-11-32-13-21(28)25-12-16-6-8-18(9-7-16)24-27-20(15-34-24)23(29)26-19(14-33)22(31-2)17-4-3-5-17/h6-9,15,19,33H,3-5,10-14H2,1-2H3,(H,25,28)(H,26,29). The van der Waals surface area contributed by atoms with E-state index in [1.807, 2.05) is 24.3 Å². The summed E-state index contributed by atoms with van der Waals surface area (Å²) in [5.74, 6) is 0.837. The SMILES string of the molecule is COCCOCC(=O)NCc1ccc(-c2nc(C(=O)NC(CS)C(OC)=C3CCC3)cs2)cc1. The molecular formula is C24H31N3O5S2. The van der Waals surface area contributed by atoms with Gasteiger partial charge in [-0.15, -0.1) is 11.3 Å². The molecule has 1 aromatic carbocycles. The second kappa shape index (κ2) is 13.5. The molecule has 1 atom stereocenters. The van der Waals surface area contributed by atoms with Crippen LogP contribution in [-0.2, 0) is 25.5 Å². The highest BCUT2D eigenvalue weighted by molar-refractivity contribution is 7.80. The third-order valence-electron chi connectivity index (χ3n) is 5.42. The summed E-state index contributed by atoms with van der Waals surface area (Å²) >= 11 is 5.80. The molecule has 1 fully saturated rings. The molecule has 0 aliphatic heterocycles. The van der Waals surface area contributed by atoms with Crippen molar-refractivity contribution in [1.29, 1.82) is 0 Å². The quantitative estimate of drug-likeness (QED) is 0.220. The van der Waals surface area contributed by atoms with Gasteiger partial charge in [0, 0.05) is 30.4 Å². The highest BCUT2D eigenvalue weighted by Crippen LogP contribution is 2.31. The summed E-state index contributed by atoms with van der Waals surface area (Å²) in [6, 6.07) is 7.43. The fraction of sp³-hybridized carbons (Fsp3) is 0.458. The third-order valence-corrected chi connectivity index (χ3v) is 6.68. The van der Waals surface area contributed by atoms with Gasteiger partial charge in [0.1, 0.15) is 23.1 Å². The number of thiazole rings is 1. The van der Waals surface area contributed by atoms with Crippen molar-refractivity contribution in [2.24, 2.45) is 0 Å². The Balaban J connectivity index is 1.54. The first-order chi connectivity index (χ1) is 16.5. The highest BCUT2D eigenvalue weighted by atomic mass is 32.1. The molecule has 1 aliphatic carbocycles. The number of nitrogens with zero attached hydrogens (tertiary/aromatic N) is 1. The molecule has 1 aromatic heterocycles. The van der Waals surface area contributed by atoms with E-state index < -0.39 is 0 Å². The monoisotopic (exact) mass is 505 g/mol. The molecule has 0 bridgehead atoms. The molecule has 2 N–H and O–H groups in total. The van der Waals surface area contributed by atoms with Crippen molar-refractivity contribution in [1.82, 2.24) is 15.6 Å². The van der Waals surface area contributed by atoms with E-state index >= 15 is 0 Å². The molecule has 34 heavy (non-hydrogen) atoms. The van der Waals surface area contributed by atoms with Crippen LogP contribution in [0.2, 0.25) is 0 Å². The molecule has 1 aliphatic rings. The Morgan fingerprint density at radius 2 is 1.94 bits per heavy atom. The summed E-state index contributed by atoms with van der Waals surface area (Å²) in [4.78, 5) is 29.1. The molecule has 0 spiro atoms. The van der Waals surface area contributed by atoms with Gasteiger partial charge in [-0.25, -0.2) is 4.98 Å². The van der Waals surface area contributed by atoms with Crippen LogP contribution in [0.5, 0.6) is 0 Å². The fourth-order valence-electron chi connectivity index (χ4n) is 3.39. The third kappa shape index (κ3) is 7.30. The second-order valence-corrected chi connectivity index (χ2v) is 9.01. The van der Waals surface area contributed by atoms with Crippen LogP contribution in [0.25, 0.3) is 10.6 Å². The predicted molar refractivity (Wildman–Crippen MR) is 135 cm³/mol. The number of methoxy groups -OCH3 is 2. The highest BCUT2D eigenvalue weighted by Gasteiger charge is 2.25. The lowest BCUT2D eigenvalue weighted by Crippen LogP contribution is -2.39. The lowest BCUT2D eigenvalue weighted by molar-refractivity contribution is -0.126. The number of carbonyl (C=O) groups is 2. The van der Waals surface area contributed by atoms with Gasteiger partial charge >= 0.3 is 0 Å². The van der Waals surface area contributed by atoms with E-state index in [0.717, 1.165) is 41.2 Å². The predicted octanol–water partition coefficient (Wildman–Crippen LogP) is 3.20. The van der Waals surface area contributed by atoms with Crippen molar-refractivity contribution in [3.8, 4) is 10.6 Å². The fourth-order valence-corrected chi connectivity index (χ4v) is 4.46. The van der Waals surface area contributed by atoms with E-state index in [0.29, 0.717) is 31.2 Å². The Bertz CT molecular complexity index is 985. The minimum Gasteiger partial charge on any atom is -0.499 e. The van der Waals surface area contributed by atoms with Gasteiger partial charge in [-0.3, -0.25) is 9.59 Å². The van der Waals surface area contributed by atoms with E-state index in [1.165, 1.54) is 16.9 Å². The van der Waals surface area contributed by atoms with Gasteiger partial charge in [-0.2, -0.15) is 12.6 Å². The van der Waals surface area contributed by atoms with Crippen LogP contribution in [0, 0.1) is 0 Å². The molecular weight excluding hydrogens is 474 g/mol. The summed E-state index contributed by atoms with van der Waals surface area (Å²) in [5, 5.41) is 8.31. The average molecular weight is 506 g/mol. The molecule has 1 unspecified atom stereocenters. The summed E-state index contributed by atoms with van der Waals surface area (Å²) in [6.45, 7) is 1.24. The molecule has 3 rings (SSSR count). The van der Waals surface area contributed by atoms with Crippen LogP contribution in [0.15, 0.2) is 41.0 Å². The number of benzene rings is 1. The number of thiol groups is 1. The number of ether oxygens (including phenoxy) is 3. The van der Waals surface area contributed by atoms with Crippen molar-refractivity contribution in [2.75, 3.05) is 39.8 Å². The minimum atomic E-state index is -0.277. The molecule has 2 aromatic rings. The van der Waals surface area contributed by atoms with Crippen LogP contribution in [0.1, 0.15) is 35.3 Å². The van der Waals surface area contributed by atoms with Gasteiger partial charge in [0.05, 0.1) is 26.4 Å². The van der Waals surface area contributed by atoms with Gasteiger partial charge in [0.25, 0.3) is 5.91 Å². The van der Waals surface area contributed by atoms with Crippen molar-refractivity contribution in [2.45, 2.75) is 31.8 Å².